The second kappa shape index (κ2) is 8.28. The number of benzene rings is 2. The summed E-state index contributed by atoms with van der Waals surface area (Å²) in [6.45, 7) is 8.23. The van der Waals surface area contributed by atoms with E-state index < -0.39 is 0 Å². The van der Waals surface area contributed by atoms with Crippen molar-refractivity contribution in [2.45, 2.75) is 43.8 Å². The summed E-state index contributed by atoms with van der Waals surface area (Å²) in [5.74, 6) is 0.749. The van der Waals surface area contributed by atoms with Gasteiger partial charge in [-0.15, -0.1) is 23.1 Å². The van der Waals surface area contributed by atoms with Gasteiger partial charge in [-0.2, -0.15) is 0 Å². The third-order valence-electron chi connectivity index (χ3n) is 4.17. The molecule has 27 heavy (non-hydrogen) atoms. The molecule has 1 amide bonds. The van der Waals surface area contributed by atoms with Gasteiger partial charge in [0.1, 0.15) is 0 Å². The number of rotatable bonds is 5. The van der Waals surface area contributed by atoms with Crippen LogP contribution in [0.15, 0.2) is 64.9 Å². The van der Waals surface area contributed by atoms with Crippen molar-refractivity contribution < 1.29 is 4.79 Å². The zero-order valence-corrected chi connectivity index (χ0v) is 17.7. The van der Waals surface area contributed by atoms with Crippen LogP contribution in [0.1, 0.15) is 39.0 Å². The molecule has 3 nitrogen and oxygen atoms in total. The monoisotopic (exact) mass is 396 g/mol. The molecular weight excluding hydrogens is 372 g/mol. The Kier molecular flexibility index (Phi) is 6.02. The fourth-order valence-electron chi connectivity index (χ4n) is 2.68. The molecule has 0 unspecified atom stereocenters. The lowest BCUT2D eigenvalue weighted by Gasteiger charge is -2.19. The number of carbonyl (C=O) groups is 1. The zero-order chi connectivity index (χ0) is 19.4. The lowest BCUT2D eigenvalue weighted by Crippen LogP contribution is -2.22. The van der Waals surface area contributed by atoms with E-state index in [0.29, 0.717) is 5.13 Å². The smallest absolute Gasteiger partial charge is 0.230 e. The van der Waals surface area contributed by atoms with Gasteiger partial charge in [-0.05, 0) is 35.2 Å². The number of anilines is 2. The minimum absolute atomic E-state index is 0.0347. The van der Waals surface area contributed by atoms with E-state index in [0.717, 1.165) is 17.1 Å². The maximum atomic E-state index is 12.1. The molecule has 3 rings (SSSR count). The predicted molar refractivity (Wildman–Crippen MR) is 116 cm³/mol. The highest BCUT2D eigenvalue weighted by Gasteiger charge is 2.18. The van der Waals surface area contributed by atoms with Crippen LogP contribution < -0.4 is 4.90 Å². The largest absolute Gasteiger partial charge is 0.274 e. The van der Waals surface area contributed by atoms with E-state index in [-0.39, 0.29) is 11.3 Å². The number of thiazole rings is 1. The summed E-state index contributed by atoms with van der Waals surface area (Å²) in [4.78, 5) is 19.7. The van der Waals surface area contributed by atoms with Crippen molar-refractivity contribution in [2.24, 2.45) is 0 Å². The van der Waals surface area contributed by atoms with Gasteiger partial charge < -0.3 is 0 Å². The van der Waals surface area contributed by atoms with E-state index in [1.807, 2.05) is 35.7 Å². The molecule has 3 aromatic rings. The highest BCUT2D eigenvalue weighted by atomic mass is 32.2. The number of carbonyl (C=O) groups excluding carboxylic acids is 1. The van der Waals surface area contributed by atoms with Crippen molar-refractivity contribution in [1.29, 1.82) is 0 Å². The maximum Gasteiger partial charge on any atom is 0.230 e. The minimum Gasteiger partial charge on any atom is -0.274 e. The second-order valence-electron chi connectivity index (χ2n) is 7.37. The van der Waals surface area contributed by atoms with Gasteiger partial charge in [-0.3, -0.25) is 9.69 Å². The Hall–Kier alpha value is -2.11. The molecule has 140 valence electrons. The molecule has 5 heteroatoms. The summed E-state index contributed by atoms with van der Waals surface area (Å²) in [6, 6.07) is 18.4. The first-order valence-electron chi connectivity index (χ1n) is 8.88. The highest BCUT2D eigenvalue weighted by Crippen LogP contribution is 2.32. The van der Waals surface area contributed by atoms with Gasteiger partial charge in [0.15, 0.2) is 5.13 Å². The minimum atomic E-state index is -0.0347. The lowest BCUT2D eigenvalue weighted by molar-refractivity contribution is -0.115. The number of amides is 1. The van der Waals surface area contributed by atoms with Gasteiger partial charge in [-0.1, -0.05) is 51.1 Å². The van der Waals surface area contributed by atoms with E-state index in [9.17, 15) is 4.79 Å². The Labute approximate surface area is 169 Å². The summed E-state index contributed by atoms with van der Waals surface area (Å²) < 4.78 is 0. The molecule has 0 radical (unpaired) electrons. The number of para-hydroxylation sites is 1. The van der Waals surface area contributed by atoms with Crippen LogP contribution in [0.25, 0.3) is 0 Å². The van der Waals surface area contributed by atoms with Crippen molar-refractivity contribution in [3.05, 3.63) is 71.2 Å². The SMILES string of the molecule is CC(=O)N(c1ccccc1)c1nc(CSc2ccc(C(C)(C)C)cc2)cs1. The van der Waals surface area contributed by atoms with Crippen LogP contribution in [0.2, 0.25) is 0 Å². The number of nitrogens with zero attached hydrogens (tertiary/aromatic N) is 2. The van der Waals surface area contributed by atoms with Gasteiger partial charge in [0.2, 0.25) is 5.91 Å². The van der Waals surface area contributed by atoms with E-state index in [1.54, 1.807) is 23.6 Å². The summed E-state index contributed by atoms with van der Waals surface area (Å²) in [5.41, 5.74) is 3.33. The van der Waals surface area contributed by atoms with Crippen LogP contribution >= 0.6 is 23.1 Å². The predicted octanol–water partition coefficient (Wildman–Crippen LogP) is 6.42. The van der Waals surface area contributed by atoms with Crippen LogP contribution in [-0.4, -0.2) is 10.9 Å². The number of hydrogen-bond acceptors (Lipinski definition) is 4. The van der Waals surface area contributed by atoms with Crippen molar-refractivity contribution >= 4 is 39.8 Å². The van der Waals surface area contributed by atoms with Gasteiger partial charge in [0.05, 0.1) is 11.4 Å². The Bertz CT molecular complexity index is 896. The van der Waals surface area contributed by atoms with E-state index in [2.05, 4.69) is 50.0 Å². The topological polar surface area (TPSA) is 33.2 Å². The fourth-order valence-corrected chi connectivity index (χ4v) is 4.46. The first-order chi connectivity index (χ1) is 12.8. The average Bonchev–Trinajstić information content (AvgIpc) is 3.09. The van der Waals surface area contributed by atoms with Crippen molar-refractivity contribution in [2.75, 3.05) is 4.90 Å². The third-order valence-corrected chi connectivity index (χ3v) is 6.09. The molecule has 0 aliphatic heterocycles. The Morgan fingerprint density at radius 2 is 1.74 bits per heavy atom. The normalized spacial score (nSPS) is 11.4. The molecule has 0 bridgehead atoms. The molecule has 0 atom stereocenters. The average molecular weight is 397 g/mol. The van der Waals surface area contributed by atoms with E-state index in [1.165, 1.54) is 21.8 Å². The number of thioether (sulfide) groups is 1. The Morgan fingerprint density at radius 3 is 2.33 bits per heavy atom. The quantitative estimate of drug-likeness (QED) is 0.467. The molecule has 0 fully saturated rings. The van der Waals surface area contributed by atoms with Crippen molar-refractivity contribution in [1.82, 2.24) is 4.98 Å². The molecule has 0 aliphatic carbocycles. The van der Waals surface area contributed by atoms with Crippen LogP contribution in [0.5, 0.6) is 0 Å². The third kappa shape index (κ3) is 4.99. The molecule has 0 N–H and O–H groups in total. The zero-order valence-electron chi connectivity index (χ0n) is 16.1. The molecule has 0 saturated carbocycles. The van der Waals surface area contributed by atoms with Gasteiger partial charge in [-0.25, -0.2) is 4.98 Å². The summed E-state index contributed by atoms with van der Waals surface area (Å²) in [6.07, 6.45) is 0. The summed E-state index contributed by atoms with van der Waals surface area (Å²) in [7, 11) is 0. The Morgan fingerprint density at radius 1 is 1.07 bits per heavy atom. The van der Waals surface area contributed by atoms with Crippen molar-refractivity contribution in [3.8, 4) is 0 Å². The second-order valence-corrected chi connectivity index (χ2v) is 9.26. The van der Waals surface area contributed by atoms with Gasteiger partial charge >= 0.3 is 0 Å². The van der Waals surface area contributed by atoms with Crippen LogP contribution in [0.3, 0.4) is 0 Å². The highest BCUT2D eigenvalue weighted by molar-refractivity contribution is 7.98. The van der Waals surface area contributed by atoms with Crippen LogP contribution in [0, 0.1) is 0 Å². The standard InChI is InChI=1S/C22H24N2OS2/c1-16(25)24(19-8-6-5-7-9-19)21-23-18(15-27-21)14-26-20-12-10-17(11-13-20)22(2,3)4/h5-13,15H,14H2,1-4H3. The molecule has 0 spiro atoms. The molecule has 1 aromatic heterocycles. The van der Waals surface area contributed by atoms with E-state index in [4.69, 9.17) is 0 Å². The maximum absolute atomic E-state index is 12.1. The molecule has 2 aromatic carbocycles. The van der Waals surface area contributed by atoms with Crippen LogP contribution in [-0.2, 0) is 16.0 Å². The van der Waals surface area contributed by atoms with Gasteiger partial charge in [0.25, 0.3) is 0 Å². The van der Waals surface area contributed by atoms with E-state index >= 15 is 0 Å². The number of aromatic nitrogens is 1. The molecule has 1 heterocycles. The lowest BCUT2D eigenvalue weighted by atomic mass is 9.87. The first-order valence-corrected chi connectivity index (χ1v) is 10.7. The molecule has 0 saturated heterocycles. The first kappa shape index (κ1) is 19.6. The van der Waals surface area contributed by atoms with Crippen LogP contribution in [0.4, 0.5) is 10.8 Å². The van der Waals surface area contributed by atoms with Gasteiger partial charge in [0, 0.05) is 23.0 Å². The summed E-state index contributed by atoms with van der Waals surface area (Å²) in [5, 5.41) is 2.75. The summed E-state index contributed by atoms with van der Waals surface area (Å²) >= 11 is 3.27. The molecule has 0 aliphatic rings. The Balaban J connectivity index is 1.69. The molecular formula is C22H24N2OS2. The van der Waals surface area contributed by atoms with Crippen molar-refractivity contribution in [3.63, 3.8) is 0 Å². The number of hydrogen-bond donors (Lipinski definition) is 0. The fraction of sp³-hybridized carbons (Fsp3) is 0.273.